The van der Waals surface area contributed by atoms with Crippen LogP contribution in [-0.2, 0) is 14.9 Å². The third kappa shape index (κ3) is 7.62. The van der Waals surface area contributed by atoms with Gasteiger partial charge in [0, 0.05) is 25.9 Å². The van der Waals surface area contributed by atoms with Crippen LogP contribution in [0.1, 0.15) is 79.1 Å². The van der Waals surface area contributed by atoms with Crippen LogP contribution in [0.2, 0.25) is 0 Å². The molecular formula is C20H36N2O3S. The summed E-state index contributed by atoms with van der Waals surface area (Å²) < 4.78 is 27.2. The van der Waals surface area contributed by atoms with E-state index >= 15 is 0 Å². The Balaban J connectivity index is 2.60. The number of allylic oxidation sites excluding steroid dienone is 3. The molecule has 0 aromatic carbocycles. The fraction of sp³-hybridized carbons (Fsp3) is 0.750. The molecule has 1 heterocycles. The number of oxime groups is 1. The molecule has 6 heteroatoms. The van der Waals surface area contributed by atoms with Gasteiger partial charge in [-0.3, -0.25) is 0 Å². The minimum Gasteiger partial charge on any atom is -0.393 e. The topological polar surface area (TPSA) is 59.0 Å². The van der Waals surface area contributed by atoms with Gasteiger partial charge in [-0.1, -0.05) is 50.9 Å². The number of sulfonamides is 1. The Bertz CT molecular complexity index is 584. The van der Waals surface area contributed by atoms with E-state index < -0.39 is 10.0 Å². The first-order valence-corrected chi connectivity index (χ1v) is 11.5. The average Bonchev–Trinajstić information content (AvgIpc) is 2.64. The highest BCUT2D eigenvalue weighted by Gasteiger charge is 2.28. The van der Waals surface area contributed by atoms with Crippen LogP contribution < -0.4 is 0 Å². The lowest BCUT2D eigenvalue weighted by atomic mass is 10.1. The molecule has 1 atom stereocenters. The van der Waals surface area contributed by atoms with E-state index in [1.807, 2.05) is 26.8 Å². The molecule has 0 amide bonds. The van der Waals surface area contributed by atoms with Gasteiger partial charge in [-0.2, -0.15) is 4.31 Å². The highest BCUT2D eigenvalue weighted by atomic mass is 32.2. The summed E-state index contributed by atoms with van der Waals surface area (Å²) in [6.45, 7) is 9.12. The number of nitrogens with zero attached hydrogens (tertiary/aromatic N) is 2. The van der Waals surface area contributed by atoms with Crippen LogP contribution in [0.5, 0.6) is 0 Å². The van der Waals surface area contributed by atoms with Crippen molar-refractivity contribution in [1.82, 2.24) is 4.31 Å². The predicted octanol–water partition coefficient (Wildman–Crippen LogP) is 5.01. The van der Waals surface area contributed by atoms with Crippen LogP contribution in [0.25, 0.3) is 0 Å². The normalized spacial score (nSPS) is 18.3. The van der Waals surface area contributed by atoms with Crippen molar-refractivity contribution in [3.05, 3.63) is 23.1 Å². The van der Waals surface area contributed by atoms with Crippen molar-refractivity contribution in [3.63, 3.8) is 0 Å². The van der Waals surface area contributed by atoms with Crippen molar-refractivity contribution in [1.29, 1.82) is 0 Å². The lowest BCUT2D eigenvalue weighted by Gasteiger charge is -2.27. The lowest BCUT2D eigenvalue weighted by molar-refractivity contribution is 0.0630. The van der Waals surface area contributed by atoms with Gasteiger partial charge < -0.3 is 4.84 Å². The van der Waals surface area contributed by atoms with Gasteiger partial charge in [0.15, 0.2) is 0 Å². The van der Waals surface area contributed by atoms with Gasteiger partial charge in [0.25, 0.3) is 0 Å². The molecular weight excluding hydrogens is 348 g/mol. The third-order valence-electron chi connectivity index (χ3n) is 4.44. The Labute approximate surface area is 160 Å². The molecule has 1 aliphatic rings. The van der Waals surface area contributed by atoms with E-state index in [0.29, 0.717) is 37.3 Å². The summed E-state index contributed by atoms with van der Waals surface area (Å²) in [7, 11) is -3.42. The minimum absolute atomic E-state index is 0.120. The summed E-state index contributed by atoms with van der Waals surface area (Å²) in [6, 6.07) is 0. The highest BCUT2D eigenvalue weighted by molar-refractivity contribution is 7.93. The van der Waals surface area contributed by atoms with E-state index in [9.17, 15) is 8.42 Å². The number of piperidine rings is 1. The molecule has 1 unspecified atom stereocenters. The molecule has 1 saturated heterocycles. The van der Waals surface area contributed by atoms with Gasteiger partial charge in [0.05, 0.1) is 10.6 Å². The van der Waals surface area contributed by atoms with Crippen molar-refractivity contribution in [2.75, 3.05) is 13.1 Å². The van der Waals surface area contributed by atoms with Gasteiger partial charge >= 0.3 is 0 Å². The number of rotatable bonds is 11. The van der Waals surface area contributed by atoms with E-state index in [-0.39, 0.29) is 6.10 Å². The van der Waals surface area contributed by atoms with E-state index in [2.05, 4.69) is 12.1 Å². The largest absolute Gasteiger partial charge is 0.393 e. The van der Waals surface area contributed by atoms with Crippen LogP contribution in [0.15, 0.2) is 28.3 Å². The average molecular weight is 385 g/mol. The summed E-state index contributed by atoms with van der Waals surface area (Å²) in [5, 5.41) is 4.28. The SMILES string of the molecule is CC/C=C\C(=C/CC)S(=O)(=O)N1CCC(=NOC(C)CCCCC)CC1. The number of hydrogen-bond donors (Lipinski definition) is 0. The van der Waals surface area contributed by atoms with Crippen molar-refractivity contribution in [2.24, 2.45) is 5.16 Å². The zero-order chi connectivity index (χ0) is 19.4. The third-order valence-corrected chi connectivity index (χ3v) is 6.38. The van der Waals surface area contributed by atoms with Crippen molar-refractivity contribution in [2.45, 2.75) is 85.2 Å². The molecule has 0 aromatic rings. The lowest BCUT2D eigenvalue weighted by Crippen LogP contribution is -2.39. The Morgan fingerprint density at radius 1 is 1.19 bits per heavy atom. The molecule has 5 nitrogen and oxygen atoms in total. The molecule has 0 saturated carbocycles. The molecule has 0 spiro atoms. The first kappa shape index (κ1) is 22.9. The zero-order valence-electron chi connectivity index (χ0n) is 16.9. The first-order chi connectivity index (χ1) is 12.5. The Kier molecular flexibility index (Phi) is 10.8. The molecule has 1 rings (SSSR count). The van der Waals surface area contributed by atoms with Crippen molar-refractivity contribution < 1.29 is 13.3 Å². The molecule has 0 radical (unpaired) electrons. The van der Waals surface area contributed by atoms with Gasteiger partial charge in [0.2, 0.25) is 10.0 Å². The first-order valence-electron chi connectivity index (χ1n) is 10.0. The Morgan fingerprint density at radius 3 is 2.46 bits per heavy atom. The van der Waals surface area contributed by atoms with Gasteiger partial charge in [0.1, 0.15) is 6.10 Å². The Morgan fingerprint density at radius 2 is 1.88 bits per heavy atom. The number of unbranched alkanes of at least 4 members (excludes halogenated alkanes) is 2. The summed E-state index contributed by atoms with van der Waals surface area (Å²) in [5.74, 6) is 0. The second-order valence-electron chi connectivity index (χ2n) is 6.80. The molecule has 0 aromatic heterocycles. The van der Waals surface area contributed by atoms with Crippen molar-refractivity contribution >= 4 is 15.7 Å². The Hall–Kier alpha value is -1.14. The van der Waals surface area contributed by atoms with Gasteiger partial charge in [-0.15, -0.1) is 0 Å². The standard InChI is InChI=1S/C20H36N2O3S/c1-5-8-10-12-18(4)25-21-19-14-16-22(17-15-19)26(23,24)20(11-7-3)13-9-6-2/h9,11,13,18H,5-8,10,12,14-17H2,1-4H3/b13-9-,20-11+. The maximum Gasteiger partial charge on any atom is 0.242 e. The van der Waals surface area contributed by atoms with Crippen LogP contribution >= 0.6 is 0 Å². The molecule has 26 heavy (non-hydrogen) atoms. The summed E-state index contributed by atoms with van der Waals surface area (Å²) in [4.78, 5) is 5.99. The maximum absolute atomic E-state index is 12.8. The summed E-state index contributed by atoms with van der Waals surface area (Å²) in [5.41, 5.74) is 0.962. The predicted molar refractivity (Wildman–Crippen MR) is 110 cm³/mol. The monoisotopic (exact) mass is 384 g/mol. The highest BCUT2D eigenvalue weighted by Crippen LogP contribution is 2.20. The molecule has 1 aliphatic heterocycles. The fourth-order valence-corrected chi connectivity index (χ4v) is 4.43. The smallest absolute Gasteiger partial charge is 0.242 e. The second-order valence-corrected chi connectivity index (χ2v) is 8.74. The van der Waals surface area contributed by atoms with Gasteiger partial charge in [-0.25, -0.2) is 8.42 Å². The van der Waals surface area contributed by atoms with Crippen molar-refractivity contribution in [3.8, 4) is 0 Å². The van der Waals surface area contributed by atoms with Crippen LogP contribution in [0, 0.1) is 0 Å². The zero-order valence-corrected chi connectivity index (χ0v) is 17.7. The second kappa shape index (κ2) is 12.3. The molecule has 0 aliphatic carbocycles. The fourth-order valence-electron chi connectivity index (χ4n) is 2.82. The van der Waals surface area contributed by atoms with E-state index in [4.69, 9.17) is 4.84 Å². The van der Waals surface area contributed by atoms with E-state index in [1.54, 1.807) is 16.5 Å². The summed E-state index contributed by atoms with van der Waals surface area (Å²) >= 11 is 0. The van der Waals surface area contributed by atoms with Crippen LogP contribution in [-0.4, -0.2) is 37.6 Å². The van der Waals surface area contributed by atoms with Crippen LogP contribution in [0.3, 0.4) is 0 Å². The van der Waals surface area contributed by atoms with E-state index in [1.165, 1.54) is 12.8 Å². The molecule has 0 N–H and O–H groups in total. The van der Waals surface area contributed by atoms with Crippen LogP contribution in [0.4, 0.5) is 0 Å². The minimum atomic E-state index is -3.42. The van der Waals surface area contributed by atoms with Gasteiger partial charge in [-0.05, 0) is 38.7 Å². The quantitative estimate of drug-likeness (QED) is 0.286. The number of hydrogen-bond acceptors (Lipinski definition) is 4. The molecule has 0 bridgehead atoms. The summed E-state index contributed by atoms with van der Waals surface area (Å²) in [6.07, 6.45) is 12.9. The molecule has 150 valence electrons. The molecule has 1 fully saturated rings. The van der Waals surface area contributed by atoms with E-state index in [0.717, 1.165) is 25.0 Å². The maximum atomic E-state index is 12.8.